The van der Waals surface area contributed by atoms with Crippen LogP contribution in [0, 0.1) is 5.92 Å². The van der Waals surface area contributed by atoms with Gasteiger partial charge in [0.05, 0.1) is 19.6 Å². The largest absolute Gasteiger partial charge is 0.481 e. The topological polar surface area (TPSA) is 51.7 Å². The van der Waals surface area contributed by atoms with Gasteiger partial charge in [-0.15, -0.1) is 0 Å². The third kappa shape index (κ3) is 4.70. The van der Waals surface area contributed by atoms with E-state index in [1.165, 1.54) is 5.56 Å². The molecule has 1 saturated heterocycles. The summed E-state index contributed by atoms with van der Waals surface area (Å²) in [4.78, 5) is 18.2. The summed E-state index contributed by atoms with van der Waals surface area (Å²) in [7, 11) is 1.63. The first-order valence-corrected chi connectivity index (χ1v) is 7.60. The average molecular weight is 292 g/mol. The van der Waals surface area contributed by atoms with Crippen LogP contribution in [0.2, 0.25) is 0 Å². The van der Waals surface area contributed by atoms with E-state index in [2.05, 4.69) is 9.88 Å². The Hall–Kier alpha value is -1.62. The second-order valence-electron chi connectivity index (χ2n) is 5.32. The Balaban J connectivity index is 1.74. The molecule has 1 aliphatic heterocycles. The smallest absolute Gasteiger partial charge is 0.309 e. The number of hydrogen-bond acceptors (Lipinski definition) is 5. The summed E-state index contributed by atoms with van der Waals surface area (Å²) in [6, 6.07) is 4.00. The minimum atomic E-state index is -0.0315. The number of likely N-dealkylation sites (tertiary alicyclic amines) is 1. The standard InChI is InChI=1S/C16H24N2O3/c1-3-21-16(19)14-6-10-18(11-7-14)9-5-13-4-8-17-15(12-13)20-2/h4,8,12,14H,3,5-7,9-11H2,1-2H3. The zero-order chi connectivity index (χ0) is 15.1. The maximum atomic E-state index is 11.7. The van der Waals surface area contributed by atoms with Gasteiger partial charge in [-0.3, -0.25) is 4.79 Å². The molecular weight excluding hydrogens is 268 g/mol. The highest BCUT2D eigenvalue weighted by atomic mass is 16.5. The highest BCUT2D eigenvalue weighted by Gasteiger charge is 2.25. The van der Waals surface area contributed by atoms with Crippen molar-refractivity contribution in [3.63, 3.8) is 0 Å². The molecule has 0 aliphatic carbocycles. The number of carbonyl (C=O) groups is 1. The van der Waals surface area contributed by atoms with Gasteiger partial charge in [0.15, 0.2) is 0 Å². The van der Waals surface area contributed by atoms with Crippen LogP contribution < -0.4 is 4.74 Å². The van der Waals surface area contributed by atoms with Gasteiger partial charge in [0.2, 0.25) is 5.88 Å². The summed E-state index contributed by atoms with van der Waals surface area (Å²) in [6.07, 6.45) is 4.56. The van der Waals surface area contributed by atoms with Gasteiger partial charge in [0.25, 0.3) is 0 Å². The molecule has 5 nitrogen and oxygen atoms in total. The molecule has 0 saturated carbocycles. The first-order valence-electron chi connectivity index (χ1n) is 7.60. The van der Waals surface area contributed by atoms with Crippen molar-refractivity contribution < 1.29 is 14.3 Å². The van der Waals surface area contributed by atoms with Gasteiger partial charge in [-0.25, -0.2) is 4.98 Å². The highest BCUT2D eigenvalue weighted by Crippen LogP contribution is 2.19. The molecule has 0 spiro atoms. The number of rotatable bonds is 6. The van der Waals surface area contributed by atoms with E-state index in [9.17, 15) is 4.79 Å². The number of methoxy groups -OCH3 is 1. The van der Waals surface area contributed by atoms with Crippen molar-refractivity contribution in [2.45, 2.75) is 26.2 Å². The van der Waals surface area contributed by atoms with Crippen molar-refractivity contribution in [1.29, 1.82) is 0 Å². The monoisotopic (exact) mass is 292 g/mol. The van der Waals surface area contributed by atoms with Gasteiger partial charge in [-0.1, -0.05) is 0 Å². The lowest BCUT2D eigenvalue weighted by Gasteiger charge is -2.30. The Morgan fingerprint density at radius 1 is 1.43 bits per heavy atom. The van der Waals surface area contributed by atoms with E-state index in [1.807, 2.05) is 19.1 Å². The van der Waals surface area contributed by atoms with Crippen molar-refractivity contribution in [3.8, 4) is 5.88 Å². The molecule has 0 atom stereocenters. The molecule has 21 heavy (non-hydrogen) atoms. The van der Waals surface area contributed by atoms with Gasteiger partial charge in [-0.05, 0) is 50.9 Å². The molecule has 0 unspecified atom stereocenters. The average Bonchev–Trinajstić information content (AvgIpc) is 2.54. The van der Waals surface area contributed by atoms with Crippen LogP contribution in [-0.2, 0) is 16.0 Å². The van der Waals surface area contributed by atoms with Crippen LogP contribution in [0.15, 0.2) is 18.3 Å². The Bertz CT molecular complexity index is 457. The summed E-state index contributed by atoms with van der Waals surface area (Å²) < 4.78 is 10.2. The Labute approximate surface area is 126 Å². The fourth-order valence-electron chi connectivity index (χ4n) is 2.66. The Kier molecular flexibility index (Phi) is 5.99. The van der Waals surface area contributed by atoms with E-state index in [0.717, 1.165) is 38.9 Å². The fraction of sp³-hybridized carbons (Fsp3) is 0.625. The molecule has 1 aromatic rings. The van der Waals surface area contributed by atoms with Crippen molar-refractivity contribution >= 4 is 5.97 Å². The molecule has 0 N–H and O–H groups in total. The minimum absolute atomic E-state index is 0.0315. The van der Waals surface area contributed by atoms with Gasteiger partial charge < -0.3 is 14.4 Å². The van der Waals surface area contributed by atoms with E-state index >= 15 is 0 Å². The van der Waals surface area contributed by atoms with Crippen LogP contribution in [0.3, 0.4) is 0 Å². The summed E-state index contributed by atoms with van der Waals surface area (Å²) in [5, 5.41) is 0. The predicted molar refractivity (Wildman–Crippen MR) is 80.3 cm³/mol. The first-order chi connectivity index (χ1) is 10.2. The molecule has 1 fully saturated rings. The minimum Gasteiger partial charge on any atom is -0.481 e. The molecule has 1 aliphatic rings. The molecule has 2 rings (SSSR count). The lowest BCUT2D eigenvalue weighted by atomic mass is 9.97. The summed E-state index contributed by atoms with van der Waals surface area (Å²) in [6.45, 7) is 5.26. The number of ether oxygens (including phenoxy) is 2. The van der Waals surface area contributed by atoms with Crippen LogP contribution in [-0.4, -0.2) is 49.2 Å². The molecule has 1 aromatic heterocycles. The molecule has 116 valence electrons. The number of aromatic nitrogens is 1. The Morgan fingerprint density at radius 2 is 2.19 bits per heavy atom. The second kappa shape index (κ2) is 7.98. The lowest BCUT2D eigenvalue weighted by molar-refractivity contribution is -0.149. The lowest BCUT2D eigenvalue weighted by Crippen LogP contribution is -2.38. The summed E-state index contributed by atoms with van der Waals surface area (Å²) in [5.74, 6) is 0.715. The Morgan fingerprint density at radius 3 is 2.86 bits per heavy atom. The zero-order valence-electron chi connectivity index (χ0n) is 12.9. The molecule has 0 amide bonds. The van der Waals surface area contributed by atoms with Crippen LogP contribution in [0.25, 0.3) is 0 Å². The van der Waals surface area contributed by atoms with E-state index in [-0.39, 0.29) is 11.9 Å². The molecular formula is C16H24N2O3. The van der Waals surface area contributed by atoms with Crippen molar-refractivity contribution in [2.24, 2.45) is 5.92 Å². The van der Waals surface area contributed by atoms with E-state index < -0.39 is 0 Å². The van der Waals surface area contributed by atoms with Crippen LogP contribution in [0.4, 0.5) is 0 Å². The number of esters is 1. The third-order valence-electron chi connectivity index (χ3n) is 3.93. The van der Waals surface area contributed by atoms with Crippen molar-refractivity contribution in [1.82, 2.24) is 9.88 Å². The first kappa shape index (κ1) is 15.8. The molecule has 0 radical (unpaired) electrons. The van der Waals surface area contributed by atoms with Crippen LogP contribution >= 0.6 is 0 Å². The number of pyridine rings is 1. The van der Waals surface area contributed by atoms with Gasteiger partial charge in [-0.2, -0.15) is 0 Å². The third-order valence-corrected chi connectivity index (χ3v) is 3.93. The molecule has 5 heteroatoms. The second-order valence-corrected chi connectivity index (χ2v) is 5.32. The molecule has 0 aromatic carbocycles. The van der Waals surface area contributed by atoms with E-state index in [0.29, 0.717) is 12.5 Å². The molecule has 2 heterocycles. The quantitative estimate of drug-likeness (QED) is 0.750. The van der Waals surface area contributed by atoms with Crippen LogP contribution in [0.5, 0.6) is 5.88 Å². The van der Waals surface area contributed by atoms with Gasteiger partial charge >= 0.3 is 5.97 Å². The number of hydrogen-bond donors (Lipinski definition) is 0. The summed E-state index contributed by atoms with van der Waals surface area (Å²) >= 11 is 0. The van der Waals surface area contributed by atoms with Gasteiger partial charge in [0.1, 0.15) is 0 Å². The zero-order valence-corrected chi connectivity index (χ0v) is 12.9. The van der Waals surface area contributed by atoms with E-state index in [4.69, 9.17) is 9.47 Å². The SMILES string of the molecule is CCOC(=O)C1CCN(CCc2ccnc(OC)c2)CC1. The van der Waals surface area contributed by atoms with Crippen molar-refractivity contribution in [2.75, 3.05) is 33.4 Å². The van der Waals surface area contributed by atoms with E-state index in [1.54, 1.807) is 13.3 Å². The van der Waals surface area contributed by atoms with Crippen LogP contribution in [0.1, 0.15) is 25.3 Å². The van der Waals surface area contributed by atoms with Crippen molar-refractivity contribution in [3.05, 3.63) is 23.9 Å². The number of carbonyl (C=O) groups excluding carboxylic acids is 1. The number of piperidine rings is 1. The molecule has 0 bridgehead atoms. The maximum absolute atomic E-state index is 11.7. The summed E-state index contributed by atoms with van der Waals surface area (Å²) in [5.41, 5.74) is 1.23. The highest BCUT2D eigenvalue weighted by molar-refractivity contribution is 5.72. The van der Waals surface area contributed by atoms with Gasteiger partial charge in [0, 0.05) is 18.8 Å². The number of nitrogens with zero attached hydrogens (tertiary/aromatic N) is 2. The normalized spacial score (nSPS) is 16.7. The predicted octanol–water partition coefficient (Wildman–Crippen LogP) is 1.91. The fourth-order valence-corrected chi connectivity index (χ4v) is 2.66. The maximum Gasteiger partial charge on any atom is 0.309 e.